The van der Waals surface area contributed by atoms with Crippen molar-refractivity contribution >= 4 is 38.4 Å². The third-order valence-electron chi connectivity index (χ3n) is 4.86. The Balaban J connectivity index is 1.81. The molecule has 0 aliphatic carbocycles. The van der Waals surface area contributed by atoms with E-state index in [1.807, 2.05) is 0 Å². The van der Waals surface area contributed by atoms with Crippen molar-refractivity contribution in [2.45, 2.75) is 11.3 Å². The summed E-state index contributed by atoms with van der Waals surface area (Å²) in [6.07, 6.45) is -2.97. The van der Waals surface area contributed by atoms with Gasteiger partial charge in [-0.2, -0.15) is 0 Å². The van der Waals surface area contributed by atoms with Gasteiger partial charge in [0.05, 0.1) is 30.1 Å². The highest BCUT2D eigenvalue weighted by Crippen LogP contribution is 2.33. The molecule has 1 aromatic heterocycles. The van der Waals surface area contributed by atoms with Gasteiger partial charge in [0, 0.05) is 29.4 Å². The average molecular weight is 487 g/mol. The Kier molecular flexibility index (Phi) is 6.46. The highest BCUT2D eigenvalue weighted by atomic mass is 32.2. The van der Waals surface area contributed by atoms with Crippen LogP contribution in [0, 0.1) is 0 Å². The molecule has 4 aromatic rings. The van der Waals surface area contributed by atoms with Crippen LogP contribution < -0.4 is 19.5 Å². The molecule has 0 fully saturated rings. The van der Waals surface area contributed by atoms with Crippen LogP contribution in [0.15, 0.2) is 71.6 Å². The first kappa shape index (κ1) is 23.2. The van der Waals surface area contributed by atoms with Crippen LogP contribution in [0.25, 0.3) is 11.0 Å². The Hall–Kier alpha value is -3.99. The van der Waals surface area contributed by atoms with Gasteiger partial charge in [-0.3, -0.25) is 4.72 Å². The number of anilines is 3. The van der Waals surface area contributed by atoms with E-state index in [-0.39, 0.29) is 11.6 Å². The highest BCUT2D eigenvalue weighted by molar-refractivity contribution is 7.92. The van der Waals surface area contributed by atoms with Crippen molar-refractivity contribution in [3.05, 3.63) is 72.3 Å². The minimum Gasteiger partial charge on any atom is -0.497 e. The van der Waals surface area contributed by atoms with Gasteiger partial charge in [0.1, 0.15) is 11.5 Å². The van der Waals surface area contributed by atoms with E-state index in [0.29, 0.717) is 28.2 Å². The summed E-state index contributed by atoms with van der Waals surface area (Å²) in [7, 11) is -1.43. The fraction of sp³-hybridized carbons (Fsp3) is 0.130. The van der Waals surface area contributed by atoms with Crippen molar-refractivity contribution in [3.8, 4) is 11.5 Å². The zero-order valence-corrected chi connectivity index (χ0v) is 18.9. The number of hydrogen-bond donors (Lipinski definition) is 2. The van der Waals surface area contributed by atoms with Gasteiger partial charge in [-0.1, -0.05) is 30.3 Å². The van der Waals surface area contributed by atoms with Crippen molar-refractivity contribution < 1.29 is 26.7 Å². The maximum absolute atomic E-state index is 13.5. The van der Waals surface area contributed by atoms with E-state index >= 15 is 0 Å². The van der Waals surface area contributed by atoms with Crippen LogP contribution in [0.2, 0.25) is 0 Å². The number of aromatic nitrogens is 2. The molecule has 0 aliphatic rings. The van der Waals surface area contributed by atoms with Crippen LogP contribution in [-0.2, 0) is 10.0 Å². The highest BCUT2D eigenvalue weighted by Gasteiger charge is 2.25. The zero-order valence-electron chi connectivity index (χ0n) is 18.1. The smallest absolute Gasteiger partial charge is 0.265 e. The average Bonchev–Trinajstić information content (AvgIpc) is 2.83. The van der Waals surface area contributed by atoms with Gasteiger partial charge < -0.3 is 14.8 Å². The molecule has 0 saturated heterocycles. The first-order valence-corrected chi connectivity index (χ1v) is 11.5. The van der Waals surface area contributed by atoms with Crippen LogP contribution in [0.4, 0.5) is 26.1 Å². The van der Waals surface area contributed by atoms with Gasteiger partial charge in [-0.15, -0.1) is 0 Å². The first-order valence-electron chi connectivity index (χ1n) is 9.97. The molecule has 0 saturated carbocycles. The molecule has 11 heteroatoms. The maximum atomic E-state index is 13.5. The number of methoxy groups -OCH3 is 2. The Morgan fingerprint density at radius 2 is 1.38 bits per heavy atom. The number of para-hydroxylation sites is 2. The normalized spacial score (nSPS) is 11.4. The summed E-state index contributed by atoms with van der Waals surface area (Å²) in [5.74, 6) is 0.879. The van der Waals surface area contributed by atoms with Crippen molar-refractivity contribution in [2.75, 3.05) is 24.3 Å². The van der Waals surface area contributed by atoms with Crippen molar-refractivity contribution in [1.82, 2.24) is 9.97 Å². The molecular formula is C23H20F2N4O4S. The van der Waals surface area contributed by atoms with E-state index in [9.17, 15) is 17.2 Å². The fourth-order valence-corrected chi connectivity index (χ4v) is 4.49. The molecule has 2 N–H and O–H groups in total. The van der Waals surface area contributed by atoms with Gasteiger partial charge in [0.15, 0.2) is 11.6 Å². The summed E-state index contributed by atoms with van der Waals surface area (Å²) in [5.41, 5.74) is 0.775. The van der Waals surface area contributed by atoms with Gasteiger partial charge in [-0.25, -0.2) is 27.2 Å². The molecule has 8 nitrogen and oxygen atoms in total. The molecular weight excluding hydrogens is 466 g/mol. The number of fused-ring (bicyclic) bond motifs is 1. The van der Waals surface area contributed by atoms with Gasteiger partial charge in [-0.05, 0) is 18.2 Å². The van der Waals surface area contributed by atoms with Crippen LogP contribution in [0.5, 0.6) is 11.5 Å². The lowest BCUT2D eigenvalue weighted by atomic mass is 10.2. The summed E-state index contributed by atoms with van der Waals surface area (Å²) < 4.78 is 65.9. The molecule has 0 atom stereocenters. The fourth-order valence-electron chi connectivity index (χ4n) is 3.26. The van der Waals surface area contributed by atoms with E-state index in [4.69, 9.17) is 9.47 Å². The Bertz CT molecular complexity index is 1430. The van der Waals surface area contributed by atoms with E-state index in [2.05, 4.69) is 20.0 Å². The monoisotopic (exact) mass is 486 g/mol. The van der Waals surface area contributed by atoms with Crippen LogP contribution in [0.1, 0.15) is 12.0 Å². The number of alkyl halides is 2. The topological polar surface area (TPSA) is 102 Å². The lowest BCUT2D eigenvalue weighted by molar-refractivity contribution is 0.148. The second-order valence-electron chi connectivity index (χ2n) is 7.08. The minimum atomic E-state index is -4.42. The molecule has 4 rings (SSSR count). The number of rotatable bonds is 8. The number of nitrogens with one attached hydrogen (secondary N) is 2. The quantitative estimate of drug-likeness (QED) is 0.356. The minimum absolute atomic E-state index is 0.0621. The van der Waals surface area contributed by atoms with E-state index in [1.165, 1.54) is 26.4 Å². The van der Waals surface area contributed by atoms with E-state index in [0.717, 1.165) is 12.1 Å². The van der Waals surface area contributed by atoms with E-state index < -0.39 is 26.9 Å². The SMILES string of the molecule is COc1cc(Nc2nc3ccccc3nc2NS(=O)(=O)c2ccccc2C(F)F)cc(OC)c1. The van der Waals surface area contributed by atoms with Crippen molar-refractivity contribution in [1.29, 1.82) is 0 Å². The summed E-state index contributed by atoms with van der Waals surface area (Å²) in [4.78, 5) is 8.32. The summed E-state index contributed by atoms with van der Waals surface area (Å²) in [6.45, 7) is 0. The molecule has 176 valence electrons. The number of halogens is 2. The van der Waals surface area contributed by atoms with Crippen molar-refractivity contribution in [2.24, 2.45) is 0 Å². The number of benzene rings is 3. The summed E-state index contributed by atoms with van der Waals surface area (Å²) in [5, 5.41) is 3.02. The number of ether oxygens (including phenoxy) is 2. The van der Waals surface area contributed by atoms with Gasteiger partial charge in [0.25, 0.3) is 16.4 Å². The summed E-state index contributed by atoms with van der Waals surface area (Å²) >= 11 is 0. The largest absolute Gasteiger partial charge is 0.497 e. The maximum Gasteiger partial charge on any atom is 0.265 e. The molecule has 0 unspecified atom stereocenters. The predicted octanol–water partition coefficient (Wildman–Crippen LogP) is 5.13. The second kappa shape index (κ2) is 9.48. The zero-order chi connectivity index (χ0) is 24.3. The van der Waals surface area contributed by atoms with E-state index in [1.54, 1.807) is 42.5 Å². The standard InChI is InChI=1S/C23H20F2N4O4S/c1-32-15-11-14(12-16(13-15)33-2)26-22-23(28-19-9-5-4-8-18(19)27-22)29-34(30,31)20-10-6-3-7-17(20)21(24)25/h3-13,21H,1-2H3,(H,26,27)(H,28,29). The molecule has 3 aromatic carbocycles. The predicted molar refractivity (Wildman–Crippen MR) is 125 cm³/mol. The molecule has 0 bridgehead atoms. The van der Waals surface area contributed by atoms with Crippen molar-refractivity contribution in [3.63, 3.8) is 0 Å². The first-order chi connectivity index (χ1) is 16.3. The molecule has 1 heterocycles. The summed E-state index contributed by atoms with van der Waals surface area (Å²) in [6, 6.07) is 16.7. The molecule has 34 heavy (non-hydrogen) atoms. The number of nitrogens with zero attached hydrogens (tertiary/aromatic N) is 2. The number of sulfonamides is 1. The Morgan fingerprint density at radius 3 is 1.97 bits per heavy atom. The third kappa shape index (κ3) is 4.84. The Morgan fingerprint density at radius 1 is 0.824 bits per heavy atom. The molecule has 0 radical (unpaired) electrons. The third-order valence-corrected chi connectivity index (χ3v) is 6.27. The van der Waals surface area contributed by atoms with Crippen LogP contribution >= 0.6 is 0 Å². The second-order valence-corrected chi connectivity index (χ2v) is 8.73. The van der Waals surface area contributed by atoms with Crippen LogP contribution in [0.3, 0.4) is 0 Å². The van der Waals surface area contributed by atoms with Crippen LogP contribution in [-0.4, -0.2) is 32.6 Å². The van der Waals surface area contributed by atoms with Gasteiger partial charge >= 0.3 is 0 Å². The number of hydrogen-bond acceptors (Lipinski definition) is 7. The molecule has 0 amide bonds. The van der Waals surface area contributed by atoms with Gasteiger partial charge in [0.2, 0.25) is 0 Å². The lowest BCUT2D eigenvalue weighted by Gasteiger charge is -2.16. The lowest BCUT2D eigenvalue weighted by Crippen LogP contribution is -2.17. The molecule has 0 aliphatic heterocycles. The molecule has 0 spiro atoms. The Labute approximate surface area is 194 Å².